The molecule has 3 N–H and O–H groups in total. The molecular weight excluding hydrogens is 490 g/mol. The molecule has 1 saturated heterocycles. The van der Waals surface area contributed by atoms with Crippen molar-refractivity contribution < 1.29 is 24.0 Å². The summed E-state index contributed by atoms with van der Waals surface area (Å²) in [6.45, 7) is 12.8. The van der Waals surface area contributed by atoms with Crippen molar-refractivity contribution in [2.75, 3.05) is 25.4 Å². The maximum Gasteiger partial charge on any atom is 0.410 e. The Morgan fingerprint density at radius 3 is 2.68 bits per heavy atom. The molecule has 0 radical (unpaired) electrons. The average Bonchev–Trinajstić information content (AvgIpc) is 3.43. The van der Waals surface area contributed by atoms with E-state index in [1.165, 1.54) is 0 Å². The second-order valence-corrected chi connectivity index (χ2v) is 10.9. The molecule has 38 heavy (non-hydrogen) atoms. The first-order valence-corrected chi connectivity index (χ1v) is 12.7. The van der Waals surface area contributed by atoms with Crippen molar-refractivity contribution in [3.8, 4) is 29.1 Å². The summed E-state index contributed by atoms with van der Waals surface area (Å²) in [6, 6.07) is 0. The molecular formula is C26H35N7O5. The number of nitrogens with two attached hydrogens (primary N) is 1. The number of aliphatic hydroxyl groups is 1. The Balaban J connectivity index is 1.66. The zero-order chi connectivity index (χ0) is 27.7. The molecule has 0 spiro atoms. The molecule has 0 aliphatic carbocycles. The van der Waals surface area contributed by atoms with Crippen LogP contribution in [-0.4, -0.2) is 71.8 Å². The molecule has 4 rings (SSSR count). The number of hydrogen-bond acceptors (Lipinski definition) is 10. The smallest absolute Gasteiger partial charge is 0.410 e. The van der Waals surface area contributed by atoms with Gasteiger partial charge in [0.2, 0.25) is 0 Å². The molecule has 12 heteroatoms. The highest BCUT2D eigenvalue weighted by molar-refractivity contribution is 5.89. The van der Waals surface area contributed by atoms with Crippen LogP contribution in [0.2, 0.25) is 0 Å². The topological polar surface area (TPSA) is 155 Å². The quantitative estimate of drug-likeness (QED) is 0.474. The first kappa shape index (κ1) is 27.2. The van der Waals surface area contributed by atoms with Crippen molar-refractivity contribution in [1.29, 1.82) is 0 Å². The van der Waals surface area contributed by atoms with Crippen LogP contribution in [0.1, 0.15) is 60.1 Å². The van der Waals surface area contributed by atoms with Crippen LogP contribution >= 0.6 is 0 Å². The van der Waals surface area contributed by atoms with Crippen LogP contribution in [0.4, 0.5) is 10.6 Å². The Morgan fingerprint density at radius 2 is 2.05 bits per heavy atom. The van der Waals surface area contributed by atoms with Gasteiger partial charge in [0.1, 0.15) is 27.9 Å². The van der Waals surface area contributed by atoms with Gasteiger partial charge in [0.15, 0.2) is 23.1 Å². The van der Waals surface area contributed by atoms with Crippen LogP contribution in [0.25, 0.3) is 22.6 Å². The van der Waals surface area contributed by atoms with Gasteiger partial charge in [0.05, 0.1) is 12.8 Å². The predicted molar refractivity (Wildman–Crippen MR) is 140 cm³/mol. The fraction of sp³-hybridized carbons (Fsp3) is 0.577. The van der Waals surface area contributed by atoms with E-state index in [2.05, 4.69) is 27.1 Å². The van der Waals surface area contributed by atoms with E-state index < -0.39 is 11.2 Å². The Hall–Kier alpha value is -3.85. The Labute approximate surface area is 221 Å². The molecule has 204 valence electrons. The number of carbonyl (C=O) groups excluding carboxylic acids is 1. The van der Waals surface area contributed by atoms with Gasteiger partial charge in [0, 0.05) is 25.6 Å². The zero-order valence-electron chi connectivity index (χ0n) is 22.7. The number of nitrogen functional groups attached to an aromatic ring is 1. The highest BCUT2D eigenvalue weighted by atomic mass is 16.6. The van der Waals surface area contributed by atoms with Crippen molar-refractivity contribution in [3.05, 3.63) is 11.9 Å². The van der Waals surface area contributed by atoms with E-state index in [9.17, 15) is 9.90 Å². The lowest BCUT2D eigenvalue weighted by Gasteiger charge is -2.34. The maximum atomic E-state index is 12.6. The minimum atomic E-state index is -1.21. The van der Waals surface area contributed by atoms with Gasteiger partial charge in [-0.05, 0) is 70.6 Å². The van der Waals surface area contributed by atoms with Gasteiger partial charge in [0.25, 0.3) is 0 Å². The number of amides is 1. The van der Waals surface area contributed by atoms with Crippen LogP contribution in [-0.2, 0) is 11.3 Å². The van der Waals surface area contributed by atoms with Gasteiger partial charge in [-0.15, -0.1) is 0 Å². The van der Waals surface area contributed by atoms with Crippen LogP contribution in [0.15, 0.2) is 10.8 Å². The summed E-state index contributed by atoms with van der Waals surface area (Å²) in [7, 11) is 0. The fourth-order valence-electron chi connectivity index (χ4n) is 4.26. The van der Waals surface area contributed by atoms with Crippen LogP contribution in [0, 0.1) is 17.8 Å². The van der Waals surface area contributed by atoms with Gasteiger partial charge in [-0.25, -0.2) is 19.4 Å². The standard InChI is InChI=1S/C26H35N7O5/c1-7-33-21-18(36-15-16-9-8-12-32(14-16)24(34)37-25(2,3)4)13-28-17(10-11-26(5,6)35)19(21)29-23(33)20-22(27)31-38-30-20/h13,16,35H,7-9,12,14-15H2,1-6H3,(H2,27,31). The lowest BCUT2D eigenvalue weighted by molar-refractivity contribution is 0.0139. The Bertz CT molecular complexity index is 1370. The molecule has 0 aromatic carbocycles. The second-order valence-electron chi connectivity index (χ2n) is 10.9. The molecule has 1 fully saturated rings. The van der Waals surface area contributed by atoms with Gasteiger partial charge < -0.3 is 29.8 Å². The summed E-state index contributed by atoms with van der Waals surface area (Å²) in [4.78, 5) is 23.5. The van der Waals surface area contributed by atoms with E-state index in [0.717, 1.165) is 12.8 Å². The number of pyridine rings is 1. The molecule has 1 unspecified atom stereocenters. The summed E-state index contributed by atoms with van der Waals surface area (Å²) in [5.74, 6) is 6.91. The molecule has 0 bridgehead atoms. The number of fused-ring (bicyclic) bond motifs is 1. The Morgan fingerprint density at radius 1 is 1.29 bits per heavy atom. The Kier molecular flexibility index (Phi) is 7.51. The van der Waals surface area contributed by atoms with E-state index >= 15 is 0 Å². The molecule has 12 nitrogen and oxygen atoms in total. The molecule has 3 aromatic rings. The number of imidazole rings is 1. The van der Waals surface area contributed by atoms with E-state index in [0.29, 0.717) is 60.2 Å². The number of anilines is 1. The van der Waals surface area contributed by atoms with Crippen LogP contribution in [0.3, 0.4) is 0 Å². The summed E-state index contributed by atoms with van der Waals surface area (Å²) < 4.78 is 18.5. The van der Waals surface area contributed by atoms with Gasteiger partial charge >= 0.3 is 6.09 Å². The van der Waals surface area contributed by atoms with E-state index in [1.54, 1.807) is 24.9 Å². The zero-order valence-corrected chi connectivity index (χ0v) is 22.7. The first-order chi connectivity index (χ1) is 17.9. The molecule has 1 amide bonds. The van der Waals surface area contributed by atoms with Gasteiger partial charge in [-0.2, -0.15) is 0 Å². The third kappa shape index (κ3) is 6.16. The molecule has 3 aromatic heterocycles. The third-order valence-corrected chi connectivity index (χ3v) is 5.91. The second kappa shape index (κ2) is 10.5. The molecule has 1 aliphatic rings. The summed E-state index contributed by atoms with van der Waals surface area (Å²) in [6.07, 6.45) is 3.08. The number of aromatic nitrogens is 5. The number of likely N-dealkylation sites (tertiary alicyclic amines) is 1. The highest BCUT2D eigenvalue weighted by Gasteiger charge is 2.29. The van der Waals surface area contributed by atoms with Crippen molar-refractivity contribution >= 4 is 22.9 Å². The highest BCUT2D eigenvalue weighted by Crippen LogP contribution is 2.33. The van der Waals surface area contributed by atoms with Crippen molar-refractivity contribution in [1.82, 2.24) is 29.7 Å². The summed E-state index contributed by atoms with van der Waals surface area (Å²) >= 11 is 0. The SMILES string of the molecule is CCn1c(-c2nonc2N)nc2c(C#CC(C)(C)O)ncc(OCC3CCCN(C(=O)OC(C)(C)C)C3)c21. The predicted octanol–water partition coefficient (Wildman–Crippen LogP) is 3.23. The minimum Gasteiger partial charge on any atom is -0.489 e. The summed E-state index contributed by atoms with van der Waals surface area (Å²) in [5, 5.41) is 17.7. The van der Waals surface area contributed by atoms with Gasteiger partial charge in [-0.1, -0.05) is 5.92 Å². The third-order valence-electron chi connectivity index (χ3n) is 5.91. The number of piperidine rings is 1. The largest absolute Gasteiger partial charge is 0.489 e. The number of ether oxygens (including phenoxy) is 2. The average molecular weight is 526 g/mol. The van der Waals surface area contributed by atoms with Crippen molar-refractivity contribution in [3.63, 3.8) is 0 Å². The lowest BCUT2D eigenvalue weighted by atomic mass is 9.99. The number of rotatable bonds is 5. The van der Waals surface area contributed by atoms with Crippen LogP contribution in [0.5, 0.6) is 5.75 Å². The normalized spacial score (nSPS) is 16.3. The lowest BCUT2D eigenvalue weighted by Crippen LogP contribution is -2.44. The number of hydrogen-bond donors (Lipinski definition) is 2. The van der Waals surface area contributed by atoms with Crippen LogP contribution < -0.4 is 10.5 Å². The minimum absolute atomic E-state index is 0.110. The van der Waals surface area contributed by atoms with E-state index in [4.69, 9.17) is 24.8 Å². The fourth-order valence-corrected chi connectivity index (χ4v) is 4.26. The van der Waals surface area contributed by atoms with Crippen molar-refractivity contribution in [2.24, 2.45) is 5.92 Å². The summed E-state index contributed by atoms with van der Waals surface area (Å²) in [5.41, 5.74) is 6.05. The van der Waals surface area contributed by atoms with E-state index in [1.807, 2.05) is 32.3 Å². The number of aryl methyl sites for hydroxylation is 1. The van der Waals surface area contributed by atoms with Crippen molar-refractivity contribution in [2.45, 2.75) is 72.1 Å². The van der Waals surface area contributed by atoms with Gasteiger partial charge in [-0.3, -0.25) is 0 Å². The molecule has 1 atom stereocenters. The molecule has 4 heterocycles. The first-order valence-electron chi connectivity index (χ1n) is 12.7. The number of nitrogens with zero attached hydrogens (tertiary/aromatic N) is 6. The maximum absolute atomic E-state index is 12.6. The molecule has 0 saturated carbocycles. The number of carbonyl (C=O) groups is 1. The molecule has 1 aliphatic heterocycles. The monoisotopic (exact) mass is 525 g/mol. The van der Waals surface area contributed by atoms with E-state index in [-0.39, 0.29) is 17.8 Å².